The zero-order chi connectivity index (χ0) is 42.1. The van der Waals surface area contributed by atoms with E-state index in [-0.39, 0.29) is 61.1 Å². The predicted octanol–water partition coefficient (Wildman–Crippen LogP) is 4.88. The maximum absolute atomic E-state index is 15.3. The van der Waals surface area contributed by atoms with E-state index >= 15 is 8.78 Å². The predicted molar refractivity (Wildman–Crippen MR) is 223 cm³/mol. The van der Waals surface area contributed by atoms with Gasteiger partial charge >= 0.3 is 0 Å². The van der Waals surface area contributed by atoms with E-state index < -0.39 is 17.8 Å². The topological polar surface area (TPSA) is 149 Å². The van der Waals surface area contributed by atoms with Gasteiger partial charge in [-0.1, -0.05) is 0 Å². The van der Waals surface area contributed by atoms with Crippen LogP contribution in [0.1, 0.15) is 58.6 Å². The van der Waals surface area contributed by atoms with Gasteiger partial charge in [0.1, 0.15) is 30.0 Å². The van der Waals surface area contributed by atoms with Crippen LogP contribution in [0.2, 0.25) is 0 Å². The number of aromatic nitrogens is 4. The maximum atomic E-state index is 15.3. The second-order valence-electron chi connectivity index (χ2n) is 17.2. The van der Waals surface area contributed by atoms with Crippen molar-refractivity contribution in [2.75, 3.05) is 49.5 Å². The van der Waals surface area contributed by atoms with Crippen molar-refractivity contribution < 1.29 is 28.0 Å². The number of anilines is 3. The third-order valence-electron chi connectivity index (χ3n) is 13.1. The van der Waals surface area contributed by atoms with Crippen LogP contribution in [-0.4, -0.2) is 109 Å². The van der Waals surface area contributed by atoms with E-state index in [1.54, 1.807) is 23.1 Å². The van der Waals surface area contributed by atoms with Gasteiger partial charge in [-0.25, -0.2) is 13.8 Å². The molecule has 0 saturated carbocycles. The number of fused-ring (bicyclic) bond motifs is 3. The number of aryl methyl sites for hydroxylation is 2. The van der Waals surface area contributed by atoms with Crippen molar-refractivity contribution in [1.82, 2.24) is 39.8 Å². The first-order valence-electron chi connectivity index (χ1n) is 21.0. The number of halogens is 2. The third kappa shape index (κ3) is 7.36. The first kappa shape index (κ1) is 38.9. The lowest BCUT2D eigenvalue weighted by Gasteiger charge is -2.45. The molecule has 0 radical (unpaired) electrons. The molecule has 5 aliphatic rings. The molecule has 61 heavy (non-hydrogen) atoms. The van der Waals surface area contributed by atoms with Crippen LogP contribution in [0.3, 0.4) is 0 Å². The van der Waals surface area contributed by atoms with Crippen molar-refractivity contribution in [2.45, 2.75) is 71.1 Å². The molecule has 14 nitrogen and oxygen atoms in total. The van der Waals surface area contributed by atoms with Crippen LogP contribution >= 0.6 is 0 Å². The van der Waals surface area contributed by atoms with Gasteiger partial charge in [0.05, 0.1) is 6.54 Å². The summed E-state index contributed by atoms with van der Waals surface area (Å²) in [5.74, 6) is -0.415. The van der Waals surface area contributed by atoms with Gasteiger partial charge in [0.15, 0.2) is 5.82 Å². The molecule has 1 atom stereocenters. The number of hydrogen-bond donors (Lipinski definition) is 2. The van der Waals surface area contributed by atoms with Crippen molar-refractivity contribution >= 4 is 51.7 Å². The van der Waals surface area contributed by atoms with Gasteiger partial charge < -0.3 is 24.9 Å². The van der Waals surface area contributed by atoms with E-state index in [1.807, 2.05) is 43.0 Å². The van der Waals surface area contributed by atoms with Crippen molar-refractivity contribution in [2.24, 2.45) is 5.92 Å². The standard InChI is InChI=1S/C45H46F2N10O4/c1-25-11-26(2)48-19-35(25)33-12-28-14-40(49-18-29(28)13-37(33)46)50-41-17-31-7-10-55(43(59)24-57(31)52-41)30-5-8-53(9-6-30)20-27-21-54(22-27)32-15-34-36(38(47)16-32)23-56(45(34)61)39-3-4-42(58)51-44(39)60/h11-19,27,30,39H,3-10,20-24H2,1-2H3,(H,49,50,52)(H,51,58,60). The molecule has 3 aromatic heterocycles. The number of rotatable bonds is 8. The van der Waals surface area contributed by atoms with Gasteiger partial charge in [0, 0.05) is 127 Å². The van der Waals surface area contributed by atoms with Gasteiger partial charge in [-0.2, -0.15) is 5.10 Å². The Morgan fingerprint density at radius 3 is 2.38 bits per heavy atom. The number of carbonyl (C=O) groups excluding carboxylic acids is 4. The molecule has 0 bridgehead atoms. The Bertz CT molecular complexity index is 2640. The molecule has 2 N–H and O–H groups in total. The second kappa shape index (κ2) is 15.3. The zero-order valence-electron chi connectivity index (χ0n) is 34.1. The summed E-state index contributed by atoms with van der Waals surface area (Å²) in [5, 5.41) is 11.8. The number of likely N-dealkylation sites (tertiary alicyclic amines) is 1. The van der Waals surface area contributed by atoms with Gasteiger partial charge in [-0.05, 0) is 80.5 Å². The highest BCUT2D eigenvalue weighted by atomic mass is 19.1. The monoisotopic (exact) mass is 828 g/mol. The smallest absolute Gasteiger partial charge is 0.255 e. The van der Waals surface area contributed by atoms with E-state index in [0.717, 1.165) is 73.5 Å². The molecule has 5 aromatic rings. The molecule has 0 spiro atoms. The summed E-state index contributed by atoms with van der Waals surface area (Å²) in [6.07, 6.45) is 6.19. The minimum Gasteiger partial charge on any atom is -0.371 e. The molecule has 314 valence electrons. The fourth-order valence-corrected chi connectivity index (χ4v) is 9.83. The second-order valence-corrected chi connectivity index (χ2v) is 17.2. The summed E-state index contributed by atoms with van der Waals surface area (Å²) in [4.78, 5) is 67.8. The summed E-state index contributed by atoms with van der Waals surface area (Å²) >= 11 is 0. The summed E-state index contributed by atoms with van der Waals surface area (Å²) in [7, 11) is 0. The highest BCUT2D eigenvalue weighted by Crippen LogP contribution is 2.36. The van der Waals surface area contributed by atoms with Crippen LogP contribution in [0.15, 0.2) is 54.9 Å². The van der Waals surface area contributed by atoms with Gasteiger partial charge in [-0.3, -0.25) is 34.2 Å². The lowest BCUT2D eigenvalue weighted by Crippen LogP contribution is -2.54. The average molecular weight is 829 g/mol. The molecule has 10 rings (SSSR count). The first-order valence-corrected chi connectivity index (χ1v) is 21.0. The lowest BCUT2D eigenvalue weighted by atomic mass is 9.95. The molecule has 16 heteroatoms. The number of nitrogens with zero attached hydrogens (tertiary/aromatic N) is 8. The van der Waals surface area contributed by atoms with Crippen molar-refractivity contribution in [3.05, 3.63) is 94.6 Å². The molecule has 8 heterocycles. The Balaban J connectivity index is 0.711. The number of imide groups is 1. The minimum absolute atomic E-state index is 0.0161. The number of hydrogen-bond acceptors (Lipinski definition) is 10. The molecule has 4 amide bonds. The van der Waals surface area contributed by atoms with Crippen LogP contribution in [0.25, 0.3) is 21.9 Å². The number of piperidine rings is 2. The SMILES string of the molecule is Cc1cc(C)c(-c2cc3cc(Nc4cc5n(n4)CC(=O)N(C4CCN(CC6CN(c7cc(F)c8c(c7)C(=O)N(C7CCC(=O)NC7=O)C8)C6)CC4)CC5)ncc3cc2F)cn1. The van der Waals surface area contributed by atoms with Gasteiger partial charge in [0.25, 0.3) is 5.91 Å². The highest BCUT2D eigenvalue weighted by Gasteiger charge is 2.41. The summed E-state index contributed by atoms with van der Waals surface area (Å²) in [6, 6.07) is 11.7. The van der Waals surface area contributed by atoms with E-state index in [4.69, 9.17) is 5.10 Å². The molecule has 5 aliphatic heterocycles. The minimum atomic E-state index is -0.782. The quantitative estimate of drug-likeness (QED) is 0.208. The normalized spacial score (nSPS) is 20.2. The molecule has 2 aromatic carbocycles. The molecular formula is C45H46F2N10O4. The van der Waals surface area contributed by atoms with Crippen LogP contribution in [0.5, 0.6) is 0 Å². The number of carbonyl (C=O) groups is 4. The highest BCUT2D eigenvalue weighted by molar-refractivity contribution is 6.05. The molecule has 3 saturated heterocycles. The fourth-order valence-electron chi connectivity index (χ4n) is 9.83. The Labute approximate surface area is 350 Å². The van der Waals surface area contributed by atoms with Crippen LogP contribution in [-0.2, 0) is 33.9 Å². The largest absolute Gasteiger partial charge is 0.371 e. The van der Waals surface area contributed by atoms with Crippen LogP contribution in [0.4, 0.5) is 26.1 Å². The maximum Gasteiger partial charge on any atom is 0.255 e. The van der Waals surface area contributed by atoms with Crippen LogP contribution < -0.4 is 15.5 Å². The number of pyridine rings is 2. The zero-order valence-corrected chi connectivity index (χ0v) is 34.1. The Morgan fingerprint density at radius 2 is 1.59 bits per heavy atom. The molecular weight excluding hydrogens is 783 g/mol. The van der Waals surface area contributed by atoms with Crippen LogP contribution in [0, 0.1) is 31.4 Å². The van der Waals surface area contributed by atoms with E-state index in [1.165, 1.54) is 17.0 Å². The number of nitrogens with one attached hydrogen (secondary N) is 2. The average Bonchev–Trinajstić information content (AvgIpc) is 3.70. The fraction of sp³-hybridized carbons (Fsp3) is 0.400. The molecule has 3 fully saturated rings. The van der Waals surface area contributed by atoms with Crippen molar-refractivity contribution in [3.8, 4) is 11.1 Å². The van der Waals surface area contributed by atoms with Crippen molar-refractivity contribution in [1.29, 1.82) is 0 Å². The van der Waals surface area contributed by atoms with Gasteiger partial charge in [-0.15, -0.1) is 0 Å². The van der Waals surface area contributed by atoms with E-state index in [0.29, 0.717) is 52.7 Å². The Hall–Kier alpha value is -6.29. The van der Waals surface area contributed by atoms with Crippen molar-refractivity contribution in [3.63, 3.8) is 0 Å². The summed E-state index contributed by atoms with van der Waals surface area (Å²) < 4.78 is 32.3. The molecule has 1 unspecified atom stereocenters. The lowest BCUT2D eigenvalue weighted by molar-refractivity contribution is -0.137. The van der Waals surface area contributed by atoms with E-state index in [2.05, 4.69) is 30.4 Å². The number of amides is 4. The number of benzene rings is 2. The Morgan fingerprint density at radius 1 is 0.770 bits per heavy atom. The van der Waals surface area contributed by atoms with E-state index in [9.17, 15) is 19.2 Å². The first-order chi connectivity index (χ1) is 29.4. The Kier molecular flexibility index (Phi) is 9.76. The summed E-state index contributed by atoms with van der Waals surface area (Å²) in [6.45, 7) is 8.84. The molecule has 0 aliphatic carbocycles. The van der Waals surface area contributed by atoms with Gasteiger partial charge in [0.2, 0.25) is 17.7 Å². The third-order valence-corrected chi connectivity index (χ3v) is 13.1. The summed E-state index contributed by atoms with van der Waals surface area (Å²) in [5.41, 5.74) is 5.27.